The van der Waals surface area contributed by atoms with E-state index in [4.69, 9.17) is 15.3 Å². The minimum absolute atomic E-state index is 0.104. The summed E-state index contributed by atoms with van der Waals surface area (Å²) in [6.45, 7) is 0. The summed E-state index contributed by atoms with van der Waals surface area (Å²) in [6.07, 6.45) is 1.64. The summed E-state index contributed by atoms with van der Waals surface area (Å²) in [6, 6.07) is 17.1. The summed E-state index contributed by atoms with van der Waals surface area (Å²) in [7, 11) is 1.78. The fourth-order valence-electron chi connectivity index (χ4n) is 1.81. The van der Waals surface area contributed by atoms with Gasteiger partial charge in [-0.05, 0) is 52.9 Å². The molecule has 0 fully saturated rings. The van der Waals surface area contributed by atoms with Crippen LogP contribution in [0.5, 0.6) is 11.6 Å². The van der Waals surface area contributed by atoms with Gasteiger partial charge in [0.15, 0.2) is 0 Å². The van der Waals surface area contributed by atoms with Gasteiger partial charge >= 0.3 is 0 Å². The number of aryl methyl sites for hydroxylation is 1. The number of nitriles is 2. The van der Waals surface area contributed by atoms with Crippen molar-refractivity contribution in [3.63, 3.8) is 0 Å². The van der Waals surface area contributed by atoms with Gasteiger partial charge in [-0.25, -0.2) is 9.07 Å². The molecule has 0 amide bonds. The van der Waals surface area contributed by atoms with Crippen molar-refractivity contribution in [3.8, 4) is 23.8 Å². The second-order valence-electron chi connectivity index (χ2n) is 4.74. The first-order valence-corrected chi connectivity index (χ1v) is 8.13. The zero-order valence-electron chi connectivity index (χ0n) is 13.1. The van der Waals surface area contributed by atoms with Gasteiger partial charge in [0.05, 0.1) is 17.3 Å². The molecule has 0 radical (unpaired) electrons. The number of para-hydroxylation sites is 1. The van der Waals surface area contributed by atoms with Crippen LogP contribution in [0.1, 0.15) is 11.1 Å². The van der Waals surface area contributed by atoms with Crippen LogP contribution < -0.4 is 4.74 Å². The molecular weight excluding hydrogens is 434 g/mol. The summed E-state index contributed by atoms with van der Waals surface area (Å²) >= 11 is 2.03. The summed E-state index contributed by atoms with van der Waals surface area (Å²) in [4.78, 5) is 0. The van der Waals surface area contributed by atoms with E-state index in [1.54, 1.807) is 54.3 Å². The topological polar surface area (TPSA) is 74.6 Å². The molecule has 0 saturated heterocycles. The normalized spacial score (nSPS) is 9.32. The molecule has 3 rings (SSSR count). The first kappa shape index (κ1) is 18.4. The third-order valence-electron chi connectivity index (χ3n) is 3.05. The highest BCUT2D eigenvalue weighted by atomic mass is 127. The SMILES string of the molecule is Cn1nccc1Oc1ccccc1C#N.N#Cc1cc(I)ccc1F. The van der Waals surface area contributed by atoms with Crippen molar-refractivity contribution in [1.82, 2.24) is 9.78 Å². The Morgan fingerprint density at radius 3 is 2.40 bits per heavy atom. The van der Waals surface area contributed by atoms with Gasteiger partial charge in [0.1, 0.15) is 23.7 Å². The number of halogens is 2. The van der Waals surface area contributed by atoms with Crippen molar-refractivity contribution in [2.45, 2.75) is 0 Å². The molecule has 0 aliphatic heterocycles. The molecule has 5 nitrogen and oxygen atoms in total. The molecule has 1 aromatic heterocycles. The van der Waals surface area contributed by atoms with Crippen LogP contribution in [0.4, 0.5) is 4.39 Å². The Bertz CT molecular complexity index is 956. The van der Waals surface area contributed by atoms with Crippen LogP contribution in [-0.2, 0) is 7.05 Å². The van der Waals surface area contributed by atoms with Crippen molar-refractivity contribution >= 4 is 22.6 Å². The zero-order chi connectivity index (χ0) is 18.2. The Kier molecular flexibility index (Phi) is 6.49. The van der Waals surface area contributed by atoms with E-state index in [0.29, 0.717) is 17.2 Å². The van der Waals surface area contributed by atoms with E-state index in [1.165, 1.54) is 12.1 Å². The third kappa shape index (κ3) is 5.03. The molecular formula is C18H12FIN4O. The quantitative estimate of drug-likeness (QED) is 0.548. The molecule has 0 bridgehead atoms. The van der Waals surface area contributed by atoms with Crippen LogP contribution in [0.25, 0.3) is 0 Å². The van der Waals surface area contributed by atoms with Crippen LogP contribution >= 0.6 is 22.6 Å². The van der Waals surface area contributed by atoms with Gasteiger partial charge < -0.3 is 4.74 Å². The number of hydrogen-bond donors (Lipinski definition) is 0. The molecule has 3 aromatic rings. The minimum atomic E-state index is -0.456. The van der Waals surface area contributed by atoms with E-state index in [-0.39, 0.29) is 5.56 Å². The van der Waals surface area contributed by atoms with E-state index >= 15 is 0 Å². The highest BCUT2D eigenvalue weighted by Crippen LogP contribution is 2.23. The van der Waals surface area contributed by atoms with Gasteiger partial charge in [-0.15, -0.1) is 0 Å². The van der Waals surface area contributed by atoms with Crippen molar-refractivity contribution in [1.29, 1.82) is 10.5 Å². The van der Waals surface area contributed by atoms with Gasteiger partial charge in [0.2, 0.25) is 5.88 Å². The fourth-order valence-corrected chi connectivity index (χ4v) is 2.30. The predicted octanol–water partition coefficient (Wildman–Crippen LogP) is 4.39. The molecule has 0 aliphatic carbocycles. The van der Waals surface area contributed by atoms with Crippen LogP contribution in [0.15, 0.2) is 54.7 Å². The lowest BCUT2D eigenvalue weighted by Crippen LogP contribution is -1.95. The number of nitrogens with zero attached hydrogens (tertiary/aromatic N) is 4. The number of rotatable bonds is 2. The largest absolute Gasteiger partial charge is 0.438 e. The summed E-state index contributed by atoms with van der Waals surface area (Å²) in [5.41, 5.74) is 0.616. The molecule has 0 atom stereocenters. The number of ether oxygens (including phenoxy) is 1. The molecule has 7 heteroatoms. The van der Waals surface area contributed by atoms with Gasteiger partial charge in [0, 0.05) is 16.7 Å². The maximum absolute atomic E-state index is 12.5. The average Bonchev–Trinajstić information content (AvgIpc) is 3.03. The van der Waals surface area contributed by atoms with Crippen molar-refractivity contribution in [3.05, 3.63) is 75.2 Å². The molecule has 25 heavy (non-hydrogen) atoms. The number of aromatic nitrogens is 2. The first-order chi connectivity index (χ1) is 12.0. The second kappa shape index (κ2) is 8.81. The fraction of sp³-hybridized carbons (Fsp3) is 0.0556. The molecule has 2 aromatic carbocycles. The van der Waals surface area contributed by atoms with Gasteiger partial charge in [-0.2, -0.15) is 15.6 Å². The number of benzene rings is 2. The lowest BCUT2D eigenvalue weighted by molar-refractivity contribution is 0.429. The summed E-state index contributed by atoms with van der Waals surface area (Å²) in [5, 5.41) is 21.2. The standard InChI is InChI=1S/C11H9N3O.C7H3FIN/c1-14-11(6-7-13-14)15-10-5-3-2-4-9(10)8-12;8-7-2-1-6(9)3-5(7)4-10/h2-7H,1H3;1-3H. The van der Waals surface area contributed by atoms with Crippen LogP contribution in [0.2, 0.25) is 0 Å². The Balaban J connectivity index is 0.000000196. The highest BCUT2D eigenvalue weighted by Gasteiger charge is 2.05. The molecule has 0 aliphatic rings. The smallest absolute Gasteiger partial charge is 0.217 e. The van der Waals surface area contributed by atoms with Gasteiger partial charge in [-0.1, -0.05) is 12.1 Å². The Hall–Kier alpha value is -2.91. The summed E-state index contributed by atoms with van der Waals surface area (Å²) < 4.78 is 20.6. The maximum atomic E-state index is 12.5. The molecule has 124 valence electrons. The number of hydrogen-bond acceptors (Lipinski definition) is 4. The third-order valence-corrected chi connectivity index (χ3v) is 3.72. The lowest BCUT2D eigenvalue weighted by atomic mass is 10.2. The second-order valence-corrected chi connectivity index (χ2v) is 5.98. The van der Waals surface area contributed by atoms with E-state index in [0.717, 1.165) is 3.57 Å². The Morgan fingerprint density at radius 1 is 1.08 bits per heavy atom. The van der Waals surface area contributed by atoms with Crippen LogP contribution in [0.3, 0.4) is 0 Å². The van der Waals surface area contributed by atoms with E-state index < -0.39 is 5.82 Å². The van der Waals surface area contributed by atoms with Crippen molar-refractivity contribution in [2.75, 3.05) is 0 Å². The lowest BCUT2D eigenvalue weighted by Gasteiger charge is -2.06. The molecule has 0 saturated carbocycles. The zero-order valence-corrected chi connectivity index (χ0v) is 15.3. The van der Waals surface area contributed by atoms with Crippen molar-refractivity contribution in [2.24, 2.45) is 7.05 Å². The van der Waals surface area contributed by atoms with Gasteiger partial charge in [0.25, 0.3) is 0 Å². The van der Waals surface area contributed by atoms with E-state index in [1.807, 2.05) is 28.7 Å². The maximum Gasteiger partial charge on any atom is 0.217 e. The average molecular weight is 446 g/mol. The molecule has 0 spiro atoms. The summed E-state index contributed by atoms with van der Waals surface area (Å²) in [5.74, 6) is 0.698. The monoisotopic (exact) mass is 446 g/mol. The minimum Gasteiger partial charge on any atom is -0.438 e. The van der Waals surface area contributed by atoms with Crippen LogP contribution in [-0.4, -0.2) is 9.78 Å². The molecule has 0 N–H and O–H groups in total. The Morgan fingerprint density at radius 2 is 1.80 bits per heavy atom. The van der Waals surface area contributed by atoms with Gasteiger partial charge in [-0.3, -0.25) is 0 Å². The van der Waals surface area contributed by atoms with E-state index in [2.05, 4.69) is 11.2 Å². The first-order valence-electron chi connectivity index (χ1n) is 7.05. The molecule has 0 unspecified atom stereocenters. The van der Waals surface area contributed by atoms with Crippen molar-refractivity contribution < 1.29 is 9.13 Å². The van der Waals surface area contributed by atoms with E-state index in [9.17, 15) is 4.39 Å². The van der Waals surface area contributed by atoms with Crippen LogP contribution in [0, 0.1) is 32.0 Å². The molecule has 1 heterocycles. The highest BCUT2D eigenvalue weighted by molar-refractivity contribution is 14.1. The Labute approximate surface area is 158 Å². The predicted molar refractivity (Wildman–Crippen MR) is 98.3 cm³/mol.